The summed E-state index contributed by atoms with van der Waals surface area (Å²) in [5, 5.41) is 17.2. The lowest BCUT2D eigenvalue weighted by molar-refractivity contribution is -0.144. The molecule has 13 heavy (non-hydrogen) atoms. The quantitative estimate of drug-likeness (QED) is 0.598. The molecule has 6 heteroatoms. The van der Waals surface area contributed by atoms with Crippen LogP contribution in [-0.4, -0.2) is 27.7 Å². The van der Waals surface area contributed by atoms with Crippen LogP contribution in [0.1, 0.15) is 19.3 Å². The maximum atomic E-state index is 10.6. The highest BCUT2D eigenvalue weighted by atomic mass is 35.5. The maximum absolute atomic E-state index is 10.6. The monoisotopic (exact) mass is 209 g/mol. The average molecular weight is 210 g/mol. The van der Waals surface area contributed by atoms with Crippen LogP contribution in [0.25, 0.3) is 0 Å². The molecule has 1 saturated carbocycles. The summed E-state index contributed by atoms with van der Waals surface area (Å²) in [6.45, 7) is 0. The van der Waals surface area contributed by atoms with Crippen molar-refractivity contribution in [2.45, 2.75) is 24.8 Å². The fraction of sp³-hybridized carbons (Fsp3) is 0.714. The average Bonchev–Trinajstić information content (AvgIpc) is 2.33. The van der Waals surface area contributed by atoms with Gasteiger partial charge in [-0.3, -0.25) is 9.59 Å². The molecule has 0 spiro atoms. The van der Waals surface area contributed by atoms with Crippen LogP contribution in [0.2, 0.25) is 0 Å². The summed E-state index contributed by atoms with van der Waals surface area (Å²) in [6.07, 6.45) is 0.648. The van der Waals surface area contributed by atoms with Gasteiger partial charge in [0.2, 0.25) is 0 Å². The third-order valence-corrected chi connectivity index (χ3v) is 2.32. The summed E-state index contributed by atoms with van der Waals surface area (Å²) in [6, 6.07) is 0. The van der Waals surface area contributed by atoms with Crippen molar-refractivity contribution in [3.8, 4) is 0 Å². The number of halogens is 1. The number of carboxylic acids is 2. The number of carboxylic acid groups (broad SMARTS) is 2. The molecule has 0 aromatic carbocycles. The van der Waals surface area contributed by atoms with Crippen LogP contribution < -0.4 is 5.73 Å². The summed E-state index contributed by atoms with van der Waals surface area (Å²) in [7, 11) is 0. The molecular weight excluding hydrogens is 198 g/mol. The molecule has 4 N–H and O–H groups in total. The normalized spacial score (nSPS) is 32.2. The van der Waals surface area contributed by atoms with Gasteiger partial charge in [0, 0.05) is 0 Å². The minimum absolute atomic E-state index is 0. The Kier molecular flexibility index (Phi) is 3.69. The fourth-order valence-corrected chi connectivity index (χ4v) is 1.48. The van der Waals surface area contributed by atoms with Crippen molar-refractivity contribution < 1.29 is 19.8 Å². The highest BCUT2D eigenvalue weighted by Gasteiger charge is 2.44. The van der Waals surface area contributed by atoms with E-state index in [2.05, 4.69) is 0 Å². The number of rotatable bonds is 2. The van der Waals surface area contributed by atoms with Gasteiger partial charge in [0.15, 0.2) is 0 Å². The van der Waals surface area contributed by atoms with E-state index < -0.39 is 23.4 Å². The van der Waals surface area contributed by atoms with Crippen molar-refractivity contribution in [3.63, 3.8) is 0 Å². The van der Waals surface area contributed by atoms with Crippen molar-refractivity contribution in [3.05, 3.63) is 0 Å². The van der Waals surface area contributed by atoms with Gasteiger partial charge in [-0.25, -0.2) is 0 Å². The van der Waals surface area contributed by atoms with Gasteiger partial charge in [0.1, 0.15) is 5.54 Å². The van der Waals surface area contributed by atoms with E-state index in [1.54, 1.807) is 0 Å². The predicted octanol–water partition coefficient (Wildman–Crippen LogP) is 0.0750. The van der Waals surface area contributed by atoms with E-state index in [9.17, 15) is 9.59 Å². The van der Waals surface area contributed by atoms with Gasteiger partial charge >= 0.3 is 11.9 Å². The van der Waals surface area contributed by atoms with E-state index >= 15 is 0 Å². The molecule has 0 aliphatic heterocycles. The zero-order valence-corrected chi connectivity index (χ0v) is 7.71. The van der Waals surface area contributed by atoms with Crippen molar-refractivity contribution in [1.29, 1.82) is 0 Å². The smallest absolute Gasteiger partial charge is 0.323 e. The maximum Gasteiger partial charge on any atom is 0.323 e. The molecule has 0 radical (unpaired) electrons. The SMILES string of the molecule is Cl.N[C@@]1(C(=O)O)CCC(C(=O)O)C1. The van der Waals surface area contributed by atoms with Crippen LogP contribution in [0.5, 0.6) is 0 Å². The van der Waals surface area contributed by atoms with Crippen molar-refractivity contribution in [1.82, 2.24) is 0 Å². The second kappa shape index (κ2) is 3.93. The van der Waals surface area contributed by atoms with E-state index in [0.29, 0.717) is 6.42 Å². The molecule has 1 aliphatic rings. The van der Waals surface area contributed by atoms with Crippen molar-refractivity contribution in [2.75, 3.05) is 0 Å². The molecule has 76 valence electrons. The Hall–Kier alpha value is -0.810. The summed E-state index contributed by atoms with van der Waals surface area (Å²) in [4.78, 5) is 21.0. The van der Waals surface area contributed by atoms with E-state index in [1.807, 2.05) is 0 Å². The first-order chi connectivity index (χ1) is 5.46. The van der Waals surface area contributed by atoms with Crippen LogP contribution in [0.15, 0.2) is 0 Å². The van der Waals surface area contributed by atoms with E-state index in [1.165, 1.54) is 0 Å². The fourth-order valence-electron chi connectivity index (χ4n) is 1.48. The van der Waals surface area contributed by atoms with Gasteiger partial charge in [-0.1, -0.05) is 0 Å². The van der Waals surface area contributed by atoms with E-state index in [4.69, 9.17) is 15.9 Å². The summed E-state index contributed by atoms with van der Waals surface area (Å²) < 4.78 is 0. The van der Waals surface area contributed by atoms with Gasteiger partial charge in [0.05, 0.1) is 5.92 Å². The predicted molar refractivity (Wildman–Crippen MR) is 46.8 cm³/mol. The Balaban J connectivity index is 0.00000144. The Labute approximate surface area is 81.3 Å². The second-order valence-electron chi connectivity index (χ2n) is 3.24. The molecule has 0 aromatic rings. The van der Waals surface area contributed by atoms with Gasteiger partial charge in [-0.15, -0.1) is 12.4 Å². The lowest BCUT2D eigenvalue weighted by Crippen LogP contribution is -2.45. The number of hydrogen-bond donors (Lipinski definition) is 3. The largest absolute Gasteiger partial charge is 0.481 e. The first-order valence-corrected chi connectivity index (χ1v) is 3.71. The summed E-state index contributed by atoms with van der Waals surface area (Å²) in [5.74, 6) is -2.65. The minimum Gasteiger partial charge on any atom is -0.481 e. The molecule has 1 rings (SSSR count). The van der Waals surface area contributed by atoms with Gasteiger partial charge in [0.25, 0.3) is 0 Å². The van der Waals surface area contributed by atoms with Crippen LogP contribution in [0.3, 0.4) is 0 Å². The molecular formula is C7H12ClNO4. The van der Waals surface area contributed by atoms with Gasteiger partial charge < -0.3 is 15.9 Å². The van der Waals surface area contributed by atoms with E-state index in [0.717, 1.165) is 0 Å². The zero-order valence-electron chi connectivity index (χ0n) is 6.90. The summed E-state index contributed by atoms with van der Waals surface area (Å²) in [5.41, 5.74) is 4.15. The van der Waals surface area contributed by atoms with Crippen molar-refractivity contribution in [2.24, 2.45) is 11.7 Å². The highest BCUT2D eigenvalue weighted by molar-refractivity contribution is 5.85. The zero-order chi connectivity index (χ0) is 9.35. The first kappa shape index (κ1) is 12.2. The number of aliphatic carboxylic acids is 2. The standard InChI is InChI=1S/C7H11NO4.ClH/c8-7(6(11)12)2-1-4(3-7)5(9)10;/h4H,1-3,8H2,(H,9,10)(H,11,12);1H/t4?,7-;/m0./s1. The second-order valence-corrected chi connectivity index (χ2v) is 3.24. The van der Waals surface area contributed by atoms with Crippen LogP contribution in [-0.2, 0) is 9.59 Å². The lowest BCUT2D eigenvalue weighted by Gasteiger charge is -2.16. The first-order valence-electron chi connectivity index (χ1n) is 3.71. The number of nitrogens with two attached hydrogens (primary N) is 1. The molecule has 1 aliphatic carbocycles. The number of hydrogen-bond acceptors (Lipinski definition) is 3. The Morgan fingerprint density at radius 1 is 1.38 bits per heavy atom. The molecule has 0 saturated heterocycles. The molecule has 1 fully saturated rings. The minimum atomic E-state index is -1.32. The number of carbonyl (C=O) groups is 2. The van der Waals surface area contributed by atoms with Gasteiger partial charge in [-0.05, 0) is 19.3 Å². The van der Waals surface area contributed by atoms with Crippen molar-refractivity contribution >= 4 is 24.3 Å². The Bertz CT molecular complexity index is 233. The molecule has 0 aromatic heterocycles. The van der Waals surface area contributed by atoms with E-state index in [-0.39, 0.29) is 25.2 Å². The van der Waals surface area contributed by atoms with Crippen LogP contribution in [0.4, 0.5) is 0 Å². The molecule has 2 atom stereocenters. The third kappa shape index (κ3) is 2.32. The molecule has 0 heterocycles. The lowest BCUT2D eigenvalue weighted by atomic mass is 9.98. The summed E-state index contributed by atoms with van der Waals surface area (Å²) >= 11 is 0. The molecule has 0 amide bonds. The van der Waals surface area contributed by atoms with Crippen LogP contribution in [0, 0.1) is 5.92 Å². The molecule has 5 nitrogen and oxygen atoms in total. The Morgan fingerprint density at radius 2 is 1.92 bits per heavy atom. The molecule has 1 unspecified atom stereocenters. The topological polar surface area (TPSA) is 101 Å². The third-order valence-electron chi connectivity index (χ3n) is 2.32. The Morgan fingerprint density at radius 3 is 2.15 bits per heavy atom. The van der Waals surface area contributed by atoms with Gasteiger partial charge in [-0.2, -0.15) is 0 Å². The highest BCUT2D eigenvalue weighted by Crippen LogP contribution is 2.32. The van der Waals surface area contributed by atoms with Crippen LogP contribution >= 0.6 is 12.4 Å². The molecule has 0 bridgehead atoms.